The molecule has 2 N–H and O–H groups in total. The number of carbonyl (C=O) groups excluding carboxylic acids is 1. The average Bonchev–Trinajstić information content (AvgIpc) is 2.70. The highest BCUT2D eigenvalue weighted by Gasteiger charge is 2.22. The van der Waals surface area contributed by atoms with Gasteiger partial charge in [0.1, 0.15) is 5.69 Å². The van der Waals surface area contributed by atoms with E-state index in [4.69, 9.17) is 11.6 Å². The lowest BCUT2D eigenvalue weighted by atomic mass is 10.0. The molecule has 0 spiro atoms. The molecular weight excluding hydrogens is 288 g/mol. The predicted octanol–water partition coefficient (Wildman–Crippen LogP) is 2.97. The van der Waals surface area contributed by atoms with Crippen LogP contribution in [0.1, 0.15) is 30.8 Å². The Morgan fingerprint density at radius 2 is 2.05 bits per heavy atom. The van der Waals surface area contributed by atoms with Gasteiger partial charge in [0.2, 0.25) is 0 Å². The van der Waals surface area contributed by atoms with Crippen molar-refractivity contribution in [3.05, 3.63) is 35.0 Å². The maximum absolute atomic E-state index is 12.5. The number of aliphatic hydroxyl groups is 1. The number of nitrogens with zero attached hydrogens (tertiary/aromatic N) is 1. The highest BCUT2D eigenvalue weighted by Crippen LogP contribution is 2.29. The zero-order chi connectivity index (χ0) is 15.6. The maximum Gasteiger partial charge on any atom is 0.269 e. The number of hydrogen-bond acceptors (Lipinski definition) is 2. The van der Waals surface area contributed by atoms with E-state index in [1.54, 1.807) is 4.57 Å². The molecule has 2 aromatic rings. The molecule has 1 aromatic heterocycles. The molecular formula is C16H21ClN2O2. The molecule has 0 aliphatic rings. The first-order valence-electron chi connectivity index (χ1n) is 7.10. The van der Waals surface area contributed by atoms with Gasteiger partial charge in [0, 0.05) is 18.0 Å². The molecule has 0 saturated carbocycles. The van der Waals surface area contributed by atoms with Gasteiger partial charge < -0.3 is 15.0 Å². The number of hydrogen-bond donors (Lipinski definition) is 2. The van der Waals surface area contributed by atoms with E-state index in [0.717, 1.165) is 17.3 Å². The van der Waals surface area contributed by atoms with Gasteiger partial charge in [-0.2, -0.15) is 0 Å². The van der Waals surface area contributed by atoms with Crippen LogP contribution in [-0.4, -0.2) is 28.2 Å². The summed E-state index contributed by atoms with van der Waals surface area (Å²) in [4.78, 5) is 12.5. The van der Waals surface area contributed by atoms with Gasteiger partial charge in [-0.15, -0.1) is 0 Å². The van der Waals surface area contributed by atoms with Gasteiger partial charge in [0.05, 0.1) is 17.7 Å². The van der Waals surface area contributed by atoms with Gasteiger partial charge in [-0.25, -0.2) is 0 Å². The molecule has 0 fully saturated rings. The van der Waals surface area contributed by atoms with Gasteiger partial charge in [0.25, 0.3) is 5.91 Å². The van der Waals surface area contributed by atoms with Crippen LogP contribution in [0.15, 0.2) is 24.3 Å². The van der Waals surface area contributed by atoms with Crippen LogP contribution in [0, 0.1) is 5.92 Å². The second-order valence-electron chi connectivity index (χ2n) is 5.72. The summed E-state index contributed by atoms with van der Waals surface area (Å²) in [7, 11) is 1.82. The number of benzene rings is 1. The number of para-hydroxylation sites is 1. The van der Waals surface area contributed by atoms with E-state index in [1.807, 2.05) is 31.3 Å². The lowest BCUT2D eigenvalue weighted by Crippen LogP contribution is -2.39. The van der Waals surface area contributed by atoms with Crippen molar-refractivity contribution in [2.45, 2.75) is 26.3 Å². The predicted molar refractivity (Wildman–Crippen MR) is 85.7 cm³/mol. The molecule has 5 heteroatoms. The fraction of sp³-hybridized carbons (Fsp3) is 0.438. The fourth-order valence-corrected chi connectivity index (χ4v) is 2.97. The third-order valence-electron chi connectivity index (χ3n) is 3.57. The second kappa shape index (κ2) is 6.50. The largest absolute Gasteiger partial charge is 0.394 e. The average molecular weight is 309 g/mol. The van der Waals surface area contributed by atoms with Crippen molar-refractivity contribution in [1.29, 1.82) is 0 Å². The molecule has 1 heterocycles. The van der Waals surface area contributed by atoms with Crippen LogP contribution in [-0.2, 0) is 7.05 Å². The number of aliphatic hydroxyl groups excluding tert-OH is 1. The van der Waals surface area contributed by atoms with Crippen molar-refractivity contribution in [1.82, 2.24) is 9.88 Å². The topological polar surface area (TPSA) is 54.3 Å². The summed E-state index contributed by atoms with van der Waals surface area (Å²) in [6.07, 6.45) is 0.726. The molecule has 4 nitrogen and oxygen atoms in total. The molecule has 0 bridgehead atoms. The van der Waals surface area contributed by atoms with Crippen LogP contribution >= 0.6 is 11.6 Å². The smallest absolute Gasteiger partial charge is 0.269 e. The number of amides is 1. The highest BCUT2D eigenvalue weighted by molar-refractivity contribution is 6.38. The summed E-state index contributed by atoms with van der Waals surface area (Å²) in [5, 5.41) is 13.6. The van der Waals surface area contributed by atoms with Crippen molar-refractivity contribution in [3.63, 3.8) is 0 Å². The van der Waals surface area contributed by atoms with Gasteiger partial charge >= 0.3 is 0 Å². The minimum Gasteiger partial charge on any atom is -0.394 e. The number of fused-ring (bicyclic) bond motifs is 1. The summed E-state index contributed by atoms with van der Waals surface area (Å²) in [6, 6.07) is 7.37. The van der Waals surface area contributed by atoms with Crippen LogP contribution in [0.5, 0.6) is 0 Å². The third kappa shape index (κ3) is 3.22. The summed E-state index contributed by atoms with van der Waals surface area (Å²) >= 11 is 6.35. The molecule has 1 atom stereocenters. The summed E-state index contributed by atoms with van der Waals surface area (Å²) in [5.74, 6) is 0.142. The number of carbonyl (C=O) groups is 1. The second-order valence-corrected chi connectivity index (χ2v) is 6.10. The molecule has 1 unspecified atom stereocenters. The van der Waals surface area contributed by atoms with Crippen LogP contribution in [0.4, 0.5) is 0 Å². The molecule has 114 valence electrons. The molecule has 1 aromatic carbocycles. The van der Waals surface area contributed by atoms with Crippen LogP contribution < -0.4 is 5.32 Å². The fourth-order valence-electron chi connectivity index (χ4n) is 2.60. The van der Waals surface area contributed by atoms with Gasteiger partial charge in [0.15, 0.2) is 0 Å². The van der Waals surface area contributed by atoms with E-state index in [-0.39, 0.29) is 18.6 Å². The SMILES string of the molecule is CC(C)CC(CO)NC(=O)c1c(Cl)c2ccccc2n1C. The normalized spacial score (nSPS) is 12.9. The lowest BCUT2D eigenvalue weighted by Gasteiger charge is -2.18. The Bertz CT molecular complexity index is 610. The van der Waals surface area contributed by atoms with Gasteiger partial charge in [-0.05, 0) is 18.4 Å². The zero-order valence-electron chi connectivity index (χ0n) is 12.6. The van der Waals surface area contributed by atoms with E-state index in [1.165, 1.54) is 0 Å². The van der Waals surface area contributed by atoms with E-state index in [0.29, 0.717) is 16.6 Å². The van der Waals surface area contributed by atoms with Gasteiger partial charge in [-0.3, -0.25) is 4.79 Å². The number of nitrogens with one attached hydrogen (secondary N) is 1. The Labute approximate surface area is 129 Å². The zero-order valence-corrected chi connectivity index (χ0v) is 13.3. The maximum atomic E-state index is 12.5. The molecule has 0 aliphatic heterocycles. The Hall–Kier alpha value is -1.52. The molecule has 0 radical (unpaired) electrons. The number of halogens is 1. The highest BCUT2D eigenvalue weighted by atomic mass is 35.5. The number of rotatable bonds is 5. The lowest BCUT2D eigenvalue weighted by molar-refractivity contribution is 0.0900. The van der Waals surface area contributed by atoms with E-state index < -0.39 is 0 Å². The third-order valence-corrected chi connectivity index (χ3v) is 3.95. The minimum atomic E-state index is -0.258. The standard InChI is InChI=1S/C16H21ClN2O2/c1-10(2)8-11(9-20)18-16(21)15-14(17)12-6-4-5-7-13(12)19(15)3/h4-7,10-11,20H,8-9H2,1-3H3,(H,18,21). The van der Waals surface area contributed by atoms with E-state index in [9.17, 15) is 9.90 Å². The van der Waals surface area contributed by atoms with Gasteiger partial charge in [-0.1, -0.05) is 43.6 Å². The van der Waals surface area contributed by atoms with E-state index in [2.05, 4.69) is 19.2 Å². The molecule has 2 rings (SSSR count). The Morgan fingerprint density at radius 3 is 2.62 bits per heavy atom. The number of aromatic nitrogens is 1. The first-order chi connectivity index (χ1) is 9.95. The summed E-state index contributed by atoms with van der Waals surface area (Å²) in [6.45, 7) is 4.03. The molecule has 0 aliphatic carbocycles. The van der Waals surface area contributed by atoms with Crippen LogP contribution in [0.25, 0.3) is 10.9 Å². The first-order valence-corrected chi connectivity index (χ1v) is 7.48. The van der Waals surface area contributed by atoms with E-state index >= 15 is 0 Å². The van der Waals surface area contributed by atoms with Crippen molar-refractivity contribution >= 4 is 28.4 Å². The van der Waals surface area contributed by atoms with Crippen LogP contribution in [0.3, 0.4) is 0 Å². The molecule has 1 amide bonds. The quantitative estimate of drug-likeness (QED) is 0.892. The Morgan fingerprint density at radius 1 is 1.38 bits per heavy atom. The monoisotopic (exact) mass is 308 g/mol. The first kappa shape index (κ1) is 15.9. The molecule has 0 saturated heterocycles. The minimum absolute atomic E-state index is 0.0779. The number of aryl methyl sites for hydroxylation is 1. The Kier molecular flexibility index (Phi) is 4.91. The molecule has 21 heavy (non-hydrogen) atoms. The summed E-state index contributed by atoms with van der Waals surface area (Å²) < 4.78 is 1.79. The van der Waals surface area contributed by atoms with Crippen molar-refractivity contribution in [2.75, 3.05) is 6.61 Å². The van der Waals surface area contributed by atoms with Crippen molar-refractivity contribution < 1.29 is 9.90 Å². The summed E-state index contributed by atoms with van der Waals surface area (Å²) in [5.41, 5.74) is 1.34. The Balaban J connectivity index is 2.31. The van der Waals surface area contributed by atoms with Crippen molar-refractivity contribution in [2.24, 2.45) is 13.0 Å². The van der Waals surface area contributed by atoms with Crippen LogP contribution in [0.2, 0.25) is 5.02 Å². The van der Waals surface area contributed by atoms with Crippen molar-refractivity contribution in [3.8, 4) is 0 Å².